The molecule has 0 saturated heterocycles. The second kappa shape index (κ2) is 6.75. The first kappa shape index (κ1) is 15.9. The van der Waals surface area contributed by atoms with Gasteiger partial charge in [0.25, 0.3) is 0 Å². The van der Waals surface area contributed by atoms with Crippen molar-refractivity contribution in [2.45, 2.75) is 6.92 Å². The fourth-order valence-corrected chi connectivity index (χ4v) is 2.58. The third kappa shape index (κ3) is 3.16. The maximum atomic E-state index is 6.23. The monoisotopic (exact) mass is 350 g/mol. The highest BCUT2D eigenvalue weighted by molar-refractivity contribution is 5.80. The summed E-state index contributed by atoms with van der Waals surface area (Å²) in [5.74, 6) is 3.10. The van der Waals surface area contributed by atoms with Crippen molar-refractivity contribution in [3.8, 4) is 11.5 Å². The average Bonchev–Trinajstić information content (AvgIpc) is 2.66. The van der Waals surface area contributed by atoms with Gasteiger partial charge in [-0.2, -0.15) is 0 Å². The standard InChI is InChI=1S/C18H18N6O2/c1-11-3-2-6-20-16(11)24-18-15(19)17(21-10-22-18)23-12-4-5-13-14(9-12)26-8-7-25-13/h2-6,9-10H,7-8,19H2,1H3,(H2,20,21,22,23,24). The summed E-state index contributed by atoms with van der Waals surface area (Å²) in [7, 11) is 0. The van der Waals surface area contributed by atoms with Crippen molar-refractivity contribution in [3.63, 3.8) is 0 Å². The second-order valence-corrected chi connectivity index (χ2v) is 5.76. The molecule has 0 bridgehead atoms. The van der Waals surface area contributed by atoms with E-state index in [1.54, 1.807) is 6.20 Å². The Morgan fingerprint density at radius 1 is 0.923 bits per heavy atom. The second-order valence-electron chi connectivity index (χ2n) is 5.76. The van der Waals surface area contributed by atoms with Gasteiger partial charge >= 0.3 is 0 Å². The average molecular weight is 350 g/mol. The molecular weight excluding hydrogens is 332 g/mol. The normalized spacial score (nSPS) is 12.5. The highest BCUT2D eigenvalue weighted by Gasteiger charge is 2.14. The molecule has 8 heteroatoms. The molecule has 0 saturated carbocycles. The number of nitrogens with zero attached hydrogens (tertiary/aromatic N) is 3. The van der Waals surface area contributed by atoms with Gasteiger partial charge in [-0.25, -0.2) is 15.0 Å². The first-order valence-corrected chi connectivity index (χ1v) is 8.16. The van der Waals surface area contributed by atoms with E-state index in [0.717, 1.165) is 17.0 Å². The molecule has 132 valence electrons. The fourth-order valence-electron chi connectivity index (χ4n) is 2.58. The first-order valence-electron chi connectivity index (χ1n) is 8.16. The fraction of sp³-hybridized carbons (Fsp3) is 0.167. The van der Waals surface area contributed by atoms with Gasteiger partial charge < -0.3 is 25.8 Å². The van der Waals surface area contributed by atoms with Gasteiger partial charge in [0.15, 0.2) is 23.1 Å². The van der Waals surface area contributed by atoms with Crippen molar-refractivity contribution in [3.05, 3.63) is 48.4 Å². The number of aryl methyl sites for hydroxylation is 1. The van der Waals surface area contributed by atoms with E-state index in [0.29, 0.717) is 42.1 Å². The lowest BCUT2D eigenvalue weighted by molar-refractivity contribution is 0.171. The van der Waals surface area contributed by atoms with Crippen molar-refractivity contribution in [1.29, 1.82) is 0 Å². The zero-order chi connectivity index (χ0) is 17.9. The molecule has 26 heavy (non-hydrogen) atoms. The van der Waals surface area contributed by atoms with Gasteiger partial charge in [0.05, 0.1) is 0 Å². The van der Waals surface area contributed by atoms with E-state index >= 15 is 0 Å². The predicted octanol–water partition coefficient (Wildman–Crippen LogP) is 3.02. The van der Waals surface area contributed by atoms with Gasteiger partial charge in [-0.1, -0.05) is 6.07 Å². The lowest BCUT2D eigenvalue weighted by atomic mass is 10.2. The lowest BCUT2D eigenvalue weighted by Crippen LogP contribution is -2.15. The van der Waals surface area contributed by atoms with Crippen molar-refractivity contribution in [2.24, 2.45) is 0 Å². The van der Waals surface area contributed by atoms with Crippen LogP contribution in [0.15, 0.2) is 42.9 Å². The molecule has 4 N–H and O–H groups in total. The minimum Gasteiger partial charge on any atom is -0.486 e. The van der Waals surface area contributed by atoms with Crippen LogP contribution in [0, 0.1) is 6.92 Å². The number of aromatic nitrogens is 3. The van der Waals surface area contributed by atoms with Gasteiger partial charge in [0.2, 0.25) is 0 Å². The van der Waals surface area contributed by atoms with Crippen LogP contribution < -0.4 is 25.8 Å². The molecule has 2 aromatic heterocycles. The Kier molecular flexibility index (Phi) is 4.14. The Bertz CT molecular complexity index is 947. The summed E-state index contributed by atoms with van der Waals surface area (Å²) in [4.78, 5) is 12.7. The number of pyridine rings is 1. The van der Waals surface area contributed by atoms with Crippen LogP contribution in [0.2, 0.25) is 0 Å². The SMILES string of the molecule is Cc1cccnc1Nc1ncnc(Nc2ccc3c(c2)OCCO3)c1N. The number of nitrogen functional groups attached to an aromatic ring is 1. The van der Waals surface area contributed by atoms with Crippen LogP contribution in [0.25, 0.3) is 0 Å². The topological polar surface area (TPSA) is 107 Å². The molecule has 0 radical (unpaired) electrons. The van der Waals surface area contributed by atoms with Gasteiger partial charge in [-0.3, -0.25) is 0 Å². The third-order valence-electron chi connectivity index (χ3n) is 3.94. The molecule has 0 spiro atoms. The minimum atomic E-state index is 0.396. The smallest absolute Gasteiger partial charge is 0.163 e. The van der Waals surface area contributed by atoms with E-state index in [1.807, 2.05) is 37.3 Å². The maximum absolute atomic E-state index is 6.23. The Balaban J connectivity index is 1.59. The zero-order valence-electron chi connectivity index (χ0n) is 14.2. The van der Waals surface area contributed by atoms with Crippen molar-refractivity contribution in [1.82, 2.24) is 15.0 Å². The highest BCUT2D eigenvalue weighted by Crippen LogP contribution is 2.35. The Morgan fingerprint density at radius 2 is 1.69 bits per heavy atom. The van der Waals surface area contributed by atoms with E-state index in [4.69, 9.17) is 15.2 Å². The largest absolute Gasteiger partial charge is 0.486 e. The molecule has 1 aliphatic rings. The Morgan fingerprint density at radius 3 is 2.50 bits per heavy atom. The van der Waals surface area contributed by atoms with Gasteiger partial charge in [-0.05, 0) is 30.7 Å². The Labute approximate surface area is 150 Å². The van der Waals surface area contributed by atoms with Gasteiger partial charge in [0, 0.05) is 18.0 Å². The van der Waals surface area contributed by atoms with Crippen molar-refractivity contribution in [2.75, 3.05) is 29.6 Å². The van der Waals surface area contributed by atoms with Crippen LogP contribution in [0.5, 0.6) is 11.5 Å². The van der Waals surface area contributed by atoms with Crippen molar-refractivity contribution < 1.29 is 9.47 Å². The summed E-state index contributed by atoms with van der Waals surface area (Å²) >= 11 is 0. The van der Waals surface area contributed by atoms with E-state index in [9.17, 15) is 0 Å². The highest BCUT2D eigenvalue weighted by atomic mass is 16.6. The minimum absolute atomic E-state index is 0.396. The number of nitrogens with two attached hydrogens (primary N) is 1. The van der Waals surface area contributed by atoms with E-state index < -0.39 is 0 Å². The molecule has 3 heterocycles. The molecule has 8 nitrogen and oxygen atoms in total. The molecule has 3 aromatic rings. The summed E-state index contributed by atoms with van der Waals surface area (Å²) in [5.41, 5.74) is 8.41. The molecule has 0 aliphatic carbocycles. The summed E-state index contributed by atoms with van der Waals surface area (Å²) in [6.45, 7) is 3.05. The van der Waals surface area contributed by atoms with Crippen LogP contribution >= 0.6 is 0 Å². The van der Waals surface area contributed by atoms with Crippen LogP contribution in [0.4, 0.5) is 28.8 Å². The lowest BCUT2D eigenvalue weighted by Gasteiger charge is -2.19. The maximum Gasteiger partial charge on any atom is 0.163 e. The number of hydrogen-bond acceptors (Lipinski definition) is 8. The number of anilines is 5. The third-order valence-corrected chi connectivity index (χ3v) is 3.94. The van der Waals surface area contributed by atoms with Crippen LogP contribution in [-0.4, -0.2) is 28.2 Å². The molecule has 0 unspecified atom stereocenters. The van der Waals surface area contributed by atoms with Crippen LogP contribution in [0.3, 0.4) is 0 Å². The van der Waals surface area contributed by atoms with E-state index in [2.05, 4.69) is 25.6 Å². The summed E-state index contributed by atoms with van der Waals surface area (Å²) in [6.07, 6.45) is 3.15. The number of fused-ring (bicyclic) bond motifs is 1. The molecule has 0 fully saturated rings. The zero-order valence-corrected chi connectivity index (χ0v) is 14.2. The molecule has 0 amide bonds. The number of ether oxygens (including phenoxy) is 2. The van der Waals surface area contributed by atoms with Gasteiger partial charge in [0.1, 0.15) is 31.0 Å². The number of hydrogen-bond donors (Lipinski definition) is 3. The summed E-state index contributed by atoms with van der Waals surface area (Å²) in [5, 5.41) is 6.34. The van der Waals surface area contributed by atoms with Gasteiger partial charge in [-0.15, -0.1) is 0 Å². The summed E-state index contributed by atoms with van der Waals surface area (Å²) in [6, 6.07) is 9.42. The molecule has 1 aliphatic heterocycles. The summed E-state index contributed by atoms with van der Waals surface area (Å²) < 4.78 is 11.1. The quantitative estimate of drug-likeness (QED) is 0.659. The molecule has 4 rings (SSSR count). The van der Waals surface area contributed by atoms with Crippen LogP contribution in [-0.2, 0) is 0 Å². The molecule has 1 aromatic carbocycles. The van der Waals surface area contributed by atoms with E-state index in [1.165, 1.54) is 6.33 Å². The van der Waals surface area contributed by atoms with Crippen LogP contribution in [0.1, 0.15) is 5.56 Å². The Hall–Kier alpha value is -3.55. The number of nitrogens with one attached hydrogen (secondary N) is 2. The van der Waals surface area contributed by atoms with E-state index in [-0.39, 0.29) is 0 Å². The predicted molar refractivity (Wildman–Crippen MR) is 99.4 cm³/mol. The van der Waals surface area contributed by atoms with Crippen molar-refractivity contribution >= 4 is 28.8 Å². The number of benzene rings is 1. The number of rotatable bonds is 4. The first-order chi connectivity index (χ1) is 12.7. The molecule has 0 atom stereocenters. The molecular formula is C18H18N6O2.